The van der Waals surface area contributed by atoms with E-state index < -0.39 is 0 Å². The highest BCUT2D eigenvalue weighted by Crippen LogP contribution is 2.17. The molecule has 0 amide bonds. The first kappa shape index (κ1) is 15.0. The van der Waals surface area contributed by atoms with Crippen molar-refractivity contribution in [2.75, 3.05) is 32.7 Å². The van der Waals surface area contributed by atoms with Gasteiger partial charge < -0.3 is 10.2 Å². The van der Waals surface area contributed by atoms with E-state index in [1.807, 2.05) is 0 Å². The normalized spacial score (nSPS) is 23.6. The van der Waals surface area contributed by atoms with Gasteiger partial charge in [-0.1, -0.05) is 27.7 Å². The monoisotopic (exact) mass is 240 g/mol. The van der Waals surface area contributed by atoms with Crippen LogP contribution in [0.4, 0.5) is 0 Å². The maximum absolute atomic E-state index is 3.58. The molecule has 1 unspecified atom stereocenters. The van der Waals surface area contributed by atoms with Gasteiger partial charge in [0.25, 0.3) is 0 Å². The molecule has 102 valence electrons. The second-order valence-corrected chi connectivity index (χ2v) is 6.94. The summed E-state index contributed by atoms with van der Waals surface area (Å²) in [6.07, 6.45) is 5.48. The molecule has 0 saturated carbocycles. The minimum Gasteiger partial charge on any atom is -0.315 e. The predicted octanol–water partition coefficient (Wildman–Crippen LogP) is 3.13. The standard InChI is InChI=1S/C15H32N2/c1-14-6-5-11-17(12-7-14)13-10-16-9-8-15(2,3)4/h14,16H,5-13H2,1-4H3. The van der Waals surface area contributed by atoms with Gasteiger partial charge in [0.15, 0.2) is 0 Å². The van der Waals surface area contributed by atoms with Gasteiger partial charge in [0.2, 0.25) is 0 Å². The van der Waals surface area contributed by atoms with Gasteiger partial charge in [-0.25, -0.2) is 0 Å². The third-order valence-corrected chi connectivity index (χ3v) is 3.77. The van der Waals surface area contributed by atoms with E-state index in [0.717, 1.165) is 19.0 Å². The van der Waals surface area contributed by atoms with E-state index >= 15 is 0 Å². The van der Waals surface area contributed by atoms with Crippen LogP contribution in [0.25, 0.3) is 0 Å². The van der Waals surface area contributed by atoms with Gasteiger partial charge in [0.05, 0.1) is 0 Å². The lowest BCUT2D eigenvalue weighted by atomic mass is 9.92. The van der Waals surface area contributed by atoms with Crippen LogP contribution in [0, 0.1) is 11.3 Å². The van der Waals surface area contributed by atoms with Gasteiger partial charge in [0, 0.05) is 13.1 Å². The minimum atomic E-state index is 0.463. The number of nitrogens with one attached hydrogen (secondary N) is 1. The van der Waals surface area contributed by atoms with E-state index in [0.29, 0.717) is 5.41 Å². The van der Waals surface area contributed by atoms with Crippen molar-refractivity contribution in [3.63, 3.8) is 0 Å². The van der Waals surface area contributed by atoms with E-state index in [2.05, 4.69) is 37.9 Å². The average molecular weight is 240 g/mol. The summed E-state index contributed by atoms with van der Waals surface area (Å²) in [7, 11) is 0. The van der Waals surface area contributed by atoms with Crippen molar-refractivity contribution in [2.24, 2.45) is 11.3 Å². The van der Waals surface area contributed by atoms with Gasteiger partial charge >= 0.3 is 0 Å². The Balaban J connectivity index is 2.02. The predicted molar refractivity (Wildman–Crippen MR) is 76.4 cm³/mol. The Hall–Kier alpha value is -0.0800. The molecule has 2 heteroatoms. The maximum atomic E-state index is 3.58. The number of hydrogen-bond acceptors (Lipinski definition) is 2. The quantitative estimate of drug-likeness (QED) is 0.743. The molecule has 1 fully saturated rings. The molecule has 1 saturated heterocycles. The second kappa shape index (κ2) is 7.38. The van der Waals surface area contributed by atoms with Crippen LogP contribution in [-0.4, -0.2) is 37.6 Å². The third-order valence-electron chi connectivity index (χ3n) is 3.77. The Morgan fingerprint density at radius 3 is 2.59 bits per heavy atom. The molecule has 2 nitrogen and oxygen atoms in total. The van der Waals surface area contributed by atoms with Gasteiger partial charge in [-0.3, -0.25) is 0 Å². The second-order valence-electron chi connectivity index (χ2n) is 6.94. The summed E-state index contributed by atoms with van der Waals surface area (Å²) in [4.78, 5) is 2.63. The van der Waals surface area contributed by atoms with Crippen LogP contribution >= 0.6 is 0 Å². The summed E-state index contributed by atoms with van der Waals surface area (Å²) in [5.74, 6) is 0.939. The molecule has 0 aromatic heterocycles. The van der Waals surface area contributed by atoms with Gasteiger partial charge in [-0.2, -0.15) is 0 Å². The minimum absolute atomic E-state index is 0.463. The highest BCUT2D eigenvalue weighted by molar-refractivity contribution is 4.69. The zero-order valence-electron chi connectivity index (χ0n) is 12.4. The van der Waals surface area contributed by atoms with Crippen molar-refractivity contribution < 1.29 is 0 Å². The van der Waals surface area contributed by atoms with E-state index in [1.165, 1.54) is 45.3 Å². The molecule has 1 rings (SSSR count). The van der Waals surface area contributed by atoms with Crippen LogP contribution < -0.4 is 5.32 Å². The molecule has 1 heterocycles. The Kier molecular flexibility index (Phi) is 6.50. The first-order chi connectivity index (χ1) is 7.97. The van der Waals surface area contributed by atoms with Crippen molar-refractivity contribution in [2.45, 2.75) is 53.4 Å². The van der Waals surface area contributed by atoms with E-state index in [-0.39, 0.29) is 0 Å². The SMILES string of the molecule is CC1CCCN(CCNCCC(C)(C)C)CC1. The summed E-state index contributed by atoms with van der Waals surface area (Å²) < 4.78 is 0. The summed E-state index contributed by atoms with van der Waals surface area (Å²) in [5.41, 5.74) is 0.463. The molecular weight excluding hydrogens is 208 g/mol. The lowest BCUT2D eigenvalue weighted by Gasteiger charge is -2.21. The van der Waals surface area contributed by atoms with Crippen molar-refractivity contribution in [3.05, 3.63) is 0 Å². The molecule has 0 spiro atoms. The Bertz CT molecular complexity index is 196. The first-order valence-corrected chi connectivity index (χ1v) is 7.40. The molecule has 1 N–H and O–H groups in total. The van der Waals surface area contributed by atoms with Gasteiger partial charge in [-0.15, -0.1) is 0 Å². The van der Waals surface area contributed by atoms with Crippen LogP contribution in [0.1, 0.15) is 53.4 Å². The summed E-state index contributed by atoms with van der Waals surface area (Å²) in [6, 6.07) is 0. The molecule has 0 aromatic carbocycles. The lowest BCUT2D eigenvalue weighted by Crippen LogP contribution is -2.34. The van der Waals surface area contributed by atoms with E-state index in [1.54, 1.807) is 0 Å². The Morgan fingerprint density at radius 1 is 1.12 bits per heavy atom. The summed E-state index contributed by atoms with van der Waals surface area (Å²) in [6.45, 7) is 15.5. The van der Waals surface area contributed by atoms with Crippen molar-refractivity contribution in [3.8, 4) is 0 Å². The number of hydrogen-bond donors (Lipinski definition) is 1. The Labute approximate surface area is 108 Å². The number of nitrogens with zero attached hydrogens (tertiary/aromatic N) is 1. The molecule has 17 heavy (non-hydrogen) atoms. The molecule has 1 atom stereocenters. The van der Waals surface area contributed by atoms with Crippen LogP contribution in [0.3, 0.4) is 0 Å². The van der Waals surface area contributed by atoms with E-state index in [4.69, 9.17) is 0 Å². The van der Waals surface area contributed by atoms with Crippen LogP contribution in [-0.2, 0) is 0 Å². The average Bonchev–Trinajstić information content (AvgIpc) is 2.41. The lowest BCUT2D eigenvalue weighted by molar-refractivity contribution is 0.277. The molecule has 0 aromatic rings. The smallest absolute Gasteiger partial charge is 0.0107 e. The fraction of sp³-hybridized carbons (Fsp3) is 1.00. The number of rotatable bonds is 5. The summed E-state index contributed by atoms with van der Waals surface area (Å²) in [5, 5.41) is 3.58. The molecule has 0 bridgehead atoms. The molecule has 0 radical (unpaired) electrons. The first-order valence-electron chi connectivity index (χ1n) is 7.40. The molecule has 1 aliphatic rings. The highest BCUT2D eigenvalue weighted by atomic mass is 15.1. The van der Waals surface area contributed by atoms with Crippen LogP contribution in [0.2, 0.25) is 0 Å². The topological polar surface area (TPSA) is 15.3 Å². The van der Waals surface area contributed by atoms with Crippen molar-refractivity contribution >= 4 is 0 Å². The fourth-order valence-corrected chi connectivity index (χ4v) is 2.37. The third kappa shape index (κ3) is 7.77. The molecule has 0 aliphatic carbocycles. The van der Waals surface area contributed by atoms with Gasteiger partial charge in [-0.05, 0) is 56.7 Å². The van der Waals surface area contributed by atoms with Gasteiger partial charge in [0.1, 0.15) is 0 Å². The number of likely N-dealkylation sites (tertiary alicyclic amines) is 1. The Morgan fingerprint density at radius 2 is 1.88 bits per heavy atom. The largest absolute Gasteiger partial charge is 0.315 e. The summed E-state index contributed by atoms with van der Waals surface area (Å²) >= 11 is 0. The zero-order chi connectivity index (χ0) is 12.7. The van der Waals surface area contributed by atoms with Crippen molar-refractivity contribution in [1.29, 1.82) is 0 Å². The molecule has 1 aliphatic heterocycles. The van der Waals surface area contributed by atoms with E-state index in [9.17, 15) is 0 Å². The van der Waals surface area contributed by atoms with Crippen molar-refractivity contribution in [1.82, 2.24) is 10.2 Å². The van der Waals surface area contributed by atoms with Crippen LogP contribution in [0.15, 0.2) is 0 Å². The highest BCUT2D eigenvalue weighted by Gasteiger charge is 2.13. The molecular formula is C15H32N2. The van der Waals surface area contributed by atoms with Crippen LogP contribution in [0.5, 0.6) is 0 Å². The fourth-order valence-electron chi connectivity index (χ4n) is 2.37. The zero-order valence-corrected chi connectivity index (χ0v) is 12.4. The maximum Gasteiger partial charge on any atom is 0.0107 e.